The van der Waals surface area contributed by atoms with Gasteiger partial charge in [0.05, 0.1) is 6.61 Å². The molecular formula is C28H44N4O8S. The van der Waals surface area contributed by atoms with Gasteiger partial charge in [-0.2, -0.15) is 0 Å². The quantitative estimate of drug-likeness (QED) is 0.392. The van der Waals surface area contributed by atoms with Gasteiger partial charge in [-0.25, -0.2) is 13.2 Å². The number of hydrogen-bond acceptors (Lipinski definition) is 8. The summed E-state index contributed by atoms with van der Waals surface area (Å²) in [5.74, 6) is -2.02. The highest BCUT2D eigenvalue weighted by Gasteiger charge is 2.63. The van der Waals surface area contributed by atoms with Gasteiger partial charge in [-0.3, -0.25) is 19.1 Å². The predicted octanol–water partition coefficient (Wildman–Crippen LogP) is 1.89. The maximum Gasteiger partial charge on any atom is 0.408 e. The molecule has 0 radical (unpaired) electrons. The smallest absolute Gasteiger partial charge is 0.408 e. The standard InChI is InChI=1S/C28H44N4O8S/c1-26(2,3)40-25(36)29-20-12-9-7-5-6-8-11-19-17-28(19,30-22(33)21-13-10-16-32(21)23(20)34)24(35)31-41(37,38)27(14-15-27)18-39-4/h8,11,19-21H,5-7,9-10,12-18H2,1-4H3,(H,29,36)(H,30,33)(H,31,35)/b11-8-/t19-,20-,21-,28+/m0/s1. The summed E-state index contributed by atoms with van der Waals surface area (Å²) in [6.07, 6.45) is 8.64. The summed E-state index contributed by atoms with van der Waals surface area (Å²) in [6, 6.07) is -1.70. The van der Waals surface area contributed by atoms with Crippen LogP contribution in [0.3, 0.4) is 0 Å². The van der Waals surface area contributed by atoms with Crippen molar-refractivity contribution in [2.24, 2.45) is 5.92 Å². The Balaban J connectivity index is 1.54. The van der Waals surface area contributed by atoms with Crippen LogP contribution in [0.1, 0.15) is 85.0 Å². The molecule has 2 saturated carbocycles. The zero-order chi connectivity index (χ0) is 30.1. The first-order chi connectivity index (χ1) is 19.2. The van der Waals surface area contributed by atoms with E-state index in [1.54, 1.807) is 20.8 Å². The van der Waals surface area contributed by atoms with E-state index in [0.717, 1.165) is 19.3 Å². The Hall–Kier alpha value is -2.67. The Morgan fingerprint density at radius 3 is 2.51 bits per heavy atom. The predicted molar refractivity (Wildman–Crippen MR) is 150 cm³/mol. The average molecular weight is 597 g/mol. The van der Waals surface area contributed by atoms with Crippen LogP contribution in [0.15, 0.2) is 12.2 Å². The normalized spacial score (nSPS) is 30.9. The zero-order valence-electron chi connectivity index (χ0n) is 24.5. The summed E-state index contributed by atoms with van der Waals surface area (Å²) >= 11 is 0. The minimum absolute atomic E-state index is 0.0179. The number of amides is 4. The number of allylic oxidation sites excluding steroid dienone is 1. The highest BCUT2D eigenvalue weighted by Crippen LogP contribution is 2.47. The van der Waals surface area contributed by atoms with Crippen LogP contribution in [0.25, 0.3) is 0 Å². The van der Waals surface area contributed by atoms with Crippen LogP contribution in [0.4, 0.5) is 4.79 Å². The summed E-state index contributed by atoms with van der Waals surface area (Å²) in [7, 11) is -2.61. The van der Waals surface area contributed by atoms with Crippen molar-refractivity contribution >= 4 is 33.8 Å². The Labute approximate surface area is 242 Å². The number of alkyl carbamates (subject to hydrolysis) is 1. The largest absolute Gasteiger partial charge is 0.444 e. The first-order valence-corrected chi connectivity index (χ1v) is 16.1. The van der Waals surface area contributed by atoms with Crippen molar-refractivity contribution in [3.63, 3.8) is 0 Å². The van der Waals surface area contributed by atoms with Crippen molar-refractivity contribution in [1.82, 2.24) is 20.3 Å². The fourth-order valence-corrected chi connectivity index (χ4v) is 7.31. The Bertz CT molecular complexity index is 1180. The van der Waals surface area contributed by atoms with Gasteiger partial charge >= 0.3 is 6.09 Å². The summed E-state index contributed by atoms with van der Waals surface area (Å²) in [5, 5.41) is 5.54. The summed E-state index contributed by atoms with van der Waals surface area (Å²) < 4.78 is 37.8. The van der Waals surface area contributed by atoms with E-state index in [0.29, 0.717) is 45.1 Å². The molecule has 12 nitrogen and oxygen atoms in total. The van der Waals surface area contributed by atoms with Crippen LogP contribution < -0.4 is 15.4 Å². The number of rotatable bonds is 6. The van der Waals surface area contributed by atoms with Gasteiger partial charge in [-0.15, -0.1) is 0 Å². The lowest BCUT2D eigenvalue weighted by atomic mass is 10.0. The van der Waals surface area contributed by atoms with Crippen LogP contribution in [-0.2, 0) is 33.9 Å². The lowest BCUT2D eigenvalue weighted by molar-refractivity contribution is -0.141. The first kappa shape index (κ1) is 31.3. The average Bonchev–Trinajstić information content (AvgIpc) is 3.75. The van der Waals surface area contributed by atoms with Crippen molar-refractivity contribution in [3.8, 4) is 0 Å². The van der Waals surface area contributed by atoms with E-state index < -0.39 is 55.9 Å². The number of fused-ring (bicyclic) bond motifs is 2. The number of nitrogens with one attached hydrogen (secondary N) is 3. The number of carbonyl (C=O) groups is 4. The van der Waals surface area contributed by atoms with Crippen LogP contribution in [-0.4, -0.2) is 85.4 Å². The molecule has 4 rings (SSSR count). The molecule has 4 amide bonds. The SMILES string of the molecule is COCC1(S(=O)(=O)NC(=O)[C@@]23C[C@@H]2/C=C\CCCCC[C@H](NC(=O)OC(C)(C)C)C(=O)N2CCC[C@H]2C(=O)N3)CC1. The van der Waals surface area contributed by atoms with Gasteiger partial charge < -0.3 is 25.0 Å². The second-order valence-electron chi connectivity index (χ2n) is 12.8. The van der Waals surface area contributed by atoms with Crippen molar-refractivity contribution in [3.05, 3.63) is 12.2 Å². The third-order valence-electron chi connectivity index (χ3n) is 8.34. The minimum atomic E-state index is -4.03. The van der Waals surface area contributed by atoms with Gasteiger partial charge in [0.25, 0.3) is 5.91 Å². The van der Waals surface area contributed by atoms with Gasteiger partial charge in [0.1, 0.15) is 28.0 Å². The molecule has 41 heavy (non-hydrogen) atoms. The fraction of sp³-hybridized carbons (Fsp3) is 0.786. The van der Waals surface area contributed by atoms with Crippen molar-refractivity contribution < 1.29 is 37.1 Å². The molecule has 0 aromatic carbocycles. The fourth-order valence-electron chi connectivity index (χ4n) is 5.76. The van der Waals surface area contributed by atoms with Gasteiger partial charge in [-0.05, 0) is 72.1 Å². The van der Waals surface area contributed by atoms with Crippen LogP contribution >= 0.6 is 0 Å². The molecule has 0 unspecified atom stereocenters. The second-order valence-corrected chi connectivity index (χ2v) is 14.9. The van der Waals surface area contributed by atoms with Gasteiger partial charge in [0.2, 0.25) is 21.8 Å². The van der Waals surface area contributed by atoms with E-state index in [4.69, 9.17) is 9.47 Å². The zero-order valence-corrected chi connectivity index (χ0v) is 25.3. The highest BCUT2D eigenvalue weighted by molar-refractivity contribution is 7.91. The maximum atomic E-state index is 13.7. The van der Waals surface area contributed by atoms with Gasteiger partial charge in [-0.1, -0.05) is 25.0 Å². The Morgan fingerprint density at radius 1 is 1.12 bits per heavy atom. The van der Waals surface area contributed by atoms with Crippen LogP contribution in [0, 0.1) is 5.92 Å². The maximum absolute atomic E-state index is 13.7. The van der Waals surface area contributed by atoms with E-state index >= 15 is 0 Å². The molecule has 2 heterocycles. The van der Waals surface area contributed by atoms with Crippen molar-refractivity contribution in [2.75, 3.05) is 20.3 Å². The monoisotopic (exact) mass is 596 g/mol. The Morgan fingerprint density at radius 2 is 1.85 bits per heavy atom. The second kappa shape index (κ2) is 11.9. The van der Waals surface area contributed by atoms with E-state index in [2.05, 4.69) is 15.4 Å². The van der Waals surface area contributed by atoms with E-state index in [1.165, 1.54) is 12.0 Å². The molecule has 0 bridgehead atoms. The molecule has 0 aromatic rings. The first-order valence-electron chi connectivity index (χ1n) is 14.6. The number of methoxy groups -OCH3 is 1. The van der Waals surface area contributed by atoms with Crippen LogP contribution in [0.2, 0.25) is 0 Å². The summed E-state index contributed by atoms with van der Waals surface area (Å²) in [6.45, 7) is 5.53. The van der Waals surface area contributed by atoms with Gasteiger partial charge in [0, 0.05) is 19.6 Å². The molecule has 230 valence electrons. The molecule has 13 heteroatoms. The molecule has 4 aliphatic rings. The molecule has 2 aliphatic heterocycles. The van der Waals surface area contributed by atoms with E-state index in [9.17, 15) is 27.6 Å². The molecule has 3 fully saturated rings. The summed E-state index contributed by atoms with van der Waals surface area (Å²) in [4.78, 5) is 54.8. The summed E-state index contributed by atoms with van der Waals surface area (Å²) in [5.41, 5.74) is -2.16. The number of carbonyl (C=O) groups excluding carboxylic acids is 4. The molecule has 3 N–H and O–H groups in total. The molecular weight excluding hydrogens is 552 g/mol. The lowest BCUT2D eigenvalue weighted by Crippen LogP contribution is -2.59. The molecule has 4 atom stereocenters. The molecule has 0 spiro atoms. The van der Waals surface area contributed by atoms with Crippen molar-refractivity contribution in [2.45, 2.75) is 113 Å². The number of nitrogens with zero attached hydrogens (tertiary/aromatic N) is 1. The van der Waals surface area contributed by atoms with Crippen LogP contribution in [0.5, 0.6) is 0 Å². The number of sulfonamides is 1. The van der Waals surface area contributed by atoms with Crippen molar-refractivity contribution in [1.29, 1.82) is 0 Å². The van der Waals surface area contributed by atoms with E-state index in [-0.39, 0.29) is 24.9 Å². The molecule has 2 aliphatic carbocycles. The number of ether oxygens (including phenoxy) is 2. The highest BCUT2D eigenvalue weighted by atomic mass is 32.2. The third-order valence-corrected chi connectivity index (χ3v) is 10.5. The lowest BCUT2D eigenvalue weighted by Gasteiger charge is -2.30. The molecule has 0 aromatic heterocycles. The minimum Gasteiger partial charge on any atom is -0.444 e. The third kappa shape index (κ3) is 7.04. The van der Waals surface area contributed by atoms with Gasteiger partial charge in [0.15, 0.2) is 0 Å². The van der Waals surface area contributed by atoms with E-state index in [1.807, 2.05) is 12.2 Å². The molecule has 1 saturated heterocycles. The number of hydrogen-bond donors (Lipinski definition) is 3. The Kier molecular flexibility index (Phi) is 9.08. The topological polar surface area (TPSA) is 160 Å².